The van der Waals surface area contributed by atoms with Crippen molar-refractivity contribution < 1.29 is 29.0 Å². The second kappa shape index (κ2) is 24.8. The van der Waals surface area contributed by atoms with Crippen LogP contribution >= 0.6 is 21.1 Å². The van der Waals surface area contributed by atoms with Crippen LogP contribution in [-0.4, -0.2) is 39.9 Å². The standard InChI is InChI=1S/C29H57O6PS/c1-4-7-9-11-12-13-14-15-16-18-20-22-25(21-19-17-10-8-5-2)23-27(37)35-26(6-3)34-24-29(32,36-33)28(30)31/h25-27,32,37H,4-24H2,1-3H3,(H,30,31). The van der Waals surface area contributed by atoms with Crippen molar-refractivity contribution in [3.05, 3.63) is 0 Å². The van der Waals surface area contributed by atoms with Gasteiger partial charge in [-0.15, -0.1) is 12.6 Å². The summed E-state index contributed by atoms with van der Waals surface area (Å²) in [5.74, 6) is -1.05. The molecular formula is C29H57O6PS. The molecule has 0 aromatic heterocycles. The molecule has 0 saturated heterocycles. The molecule has 4 unspecified atom stereocenters. The summed E-state index contributed by atoms with van der Waals surface area (Å²) in [6.45, 7) is 5.75. The summed E-state index contributed by atoms with van der Waals surface area (Å²) in [6, 6.07) is 0. The zero-order valence-corrected chi connectivity index (χ0v) is 25.8. The molecule has 0 spiro atoms. The fraction of sp³-hybridized carbons (Fsp3) is 0.966. The average Bonchev–Trinajstić information content (AvgIpc) is 2.88. The highest BCUT2D eigenvalue weighted by atomic mass is 32.1. The van der Waals surface area contributed by atoms with Gasteiger partial charge in [-0.1, -0.05) is 136 Å². The highest BCUT2D eigenvalue weighted by Gasteiger charge is 2.39. The molecule has 0 amide bonds. The number of rotatable bonds is 28. The van der Waals surface area contributed by atoms with E-state index in [0.29, 0.717) is 12.3 Å². The van der Waals surface area contributed by atoms with Crippen LogP contribution in [0.1, 0.15) is 149 Å². The molecule has 6 nitrogen and oxygen atoms in total. The van der Waals surface area contributed by atoms with Gasteiger partial charge in [0.1, 0.15) is 12.0 Å². The molecule has 0 saturated carbocycles. The zero-order valence-electron chi connectivity index (χ0n) is 24.0. The number of aliphatic carboxylic acids is 1. The Balaban J connectivity index is 4.44. The van der Waals surface area contributed by atoms with Crippen molar-refractivity contribution in [1.82, 2.24) is 0 Å². The van der Waals surface area contributed by atoms with Gasteiger partial charge in [-0.2, -0.15) is 0 Å². The third kappa shape index (κ3) is 20.4. The van der Waals surface area contributed by atoms with Gasteiger partial charge in [0.2, 0.25) is 8.46 Å². The van der Waals surface area contributed by atoms with Gasteiger partial charge in [0.15, 0.2) is 6.29 Å². The van der Waals surface area contributed by atoms with E-state index in [1.165, 1.54) is 116 Å². The lowest BCUT2D eigenvalue weighted by molar-refractivity contribution is -0.183. The molecule has 0 fully saturated rings. The maximum absolute atomic E-state index is 11.1. The Labute approximate surface area is 234 Å². The molecule has 37 heavy (non-hydrogen) atoms. The predicted molar refractivity (Wildman–Crippen MR) is 157 cm³/mol. The second-order valence-corrected chi connectivity index (χ2v) is 12.1. The molecule has 4 atom stereocenters. The Morgan fingerprint density at radius 3 is 1.62 bits per heavy atom. The normalized spacial score (nSPS) is 15.9. The lowest BCUT2D eigenvalue weighted by Gasteiger charge is -2.26. The van der Waals surface area contributed by atoms with E-state index in [0.717, 1.165) is 6.42 Å². The van der Waals surface area contributed by atoms with Gasteiger partial charge in [-0.25, -0.2) is 4.79 Å². The second-order valence-electron chi connectivity index (χ2n) is 10.6. The molecular weight excluding hydrogens is 507 g/mol. The van der Waals surface area contributed by atoms with Gasteiger partial charge in [-0.05, 0) is 18.8 Å². The summed E-state index contributed by atoms with van der Waals surface area (Å²) in [5.41, 5.74) is -0.332. The summed E-state index contributed by atoms with van der Waals surface area (Å²) < 4.78 is 22.5. The quantitative estimate of drug-likeness (QED) is 0.0380. The van der Waals surface area contributed by atoms with Crippen molar-refractivity contribution in [1.29, 1.82) is 0 Å². The number of hydrogen-bond acceptors (Lipinski definition) is 6. The van der Waals surface area contributed by atoms with E-state index < -0.39 is 32.7 Å². The van der Waals surface area contributed by atoms with Crippen LogP contribution in [0.15, 0.2) is 0 Å². The molecule has 8 heteroatoms. The molecule has 0 aromatic rings. The third-order valence-electron chi connectivity index (χ3n) is 7.07. The van der Waals surface area contributed by atoms with Crippen LogP contribution in [0.3, 0.4) is 0 Å². The summed E-state index contributed by atoms with van der Waals surface area (Å²) in [7, 11) is -0.908. The van der Waals surface area contributed by atoms with E-state index in [1.54, 1.807) is 0 Å². The smallest absolute Gasteiger partial charge is 0.350 e. The highest BCUT2D eigenvalue weighted by Crippen LogP contribution is 2.27. The van der Waals surface area contributed by atoms with E-state index in [2.05, 4.69) is 26.5 Å². The number of hydrogen-bond donors (Lipinski definition) is 3. The third-order valence-corrected chi connectivity index (χ3v) is 8.03. The maximum Gasteiger partial charge on any atom is 0.350 e. The van der Waals surface area contributed by atoms with Crippen LogP contribution in [0.4, 0.5) is 0 Å². The van der Waals surface area contributed by atoms with Crippen molar-refractivity contribution in [2.75, 3.05) is 6.61 Å². The molecule has 220 valence electrons. The Bertz CT molecular complexity index is 552. The number of aliphatic hydroxyl groups is 1. The highest BCUT2D eigenvalue weighted by molar-refractivity contribution is 7.80. The lowest BCUT2D eigenvalue weighted by Crippen LogP contribution is -2.39. The first-order valence-electron chi connectivity index (χ1n) is 15.1. The first-order valence-corrected chi connectivity index (χ1v) is 16.4. The first-order chi connectivity index (χ1) is 17.8. The Morgan fingerprint density at radius 2 is 1.24 bits per heavy atom. The number of unbranched alkanes of at least 4 members (excludes halogenated alkanes) is 14. The number of ether oxygens (including phenoxy) is 2. The molecule has 0 rings (SSSR count). The largest absolute Gasteiger partial charge is 0.478 e. The summed E-state index contributed by atoms with van der Waals surface area (Å²) in [5, 5.41) is 16.5. The fourth-order valence-electron chi connectivity index (χ4n) is 4.62. The molecule has 0 radical (unpaired) electrons. The van der Waals surface area contributed by atoms with Crippen molar-refractivity contribution in [3.63, 3.8) is 0 Å². The van der Waals surface area contributed by atoms with Crippen LogP contribution < -0.4 is 0 Å². The number of carbonyl (C=O) groups is 1. The molecule has 2 N–H and O–H groups in total. The minimum atomic E-state index is -2.46. The van der Waals surface area contributed by atoms with Crippen LogP contribution in [0.25, 0.3) is 0 Å². The Hall–Kier alpha value is -0.200. The van der Waals surface area contributed by atoms with E-state index >= 15 is 0 Å². The summed E-state index contributed by atoms with van der Waals surface area (Å²) in [6.07, 6.45) is 24.0. The van der Waals surface area contributed by atoms with E-state index in [1.807, 2.05) is 6.92 Å². The van der Waals surface area contributed by atoms with Gasteiger partial charge < -0.3 is 19.7 Å². The van der Waals surface area contributed by atoms with Gasteiger partial charge in [0.05, 0.1) is 0 Å². The van der Waals surface area contributed by atoms with Crippen molar-refractivity contribution in [2.24, 2.45) is 5.92 Å². The van der Waals surface area contributed by atoms with Gasteiger partial charge in [-0.3, -0.25) is 4.57 Å². The van der Waals surface area contributed by atoms with Gasteiger partial charge >= 0.3 is 5.97 Å². The SMILES string of the molecule is CCCCCCCCCCCCCC(CCCCCCC)CC(S)OC(CC)OCC(O)(P=O)C(=O)O. The topological polar surface area (TPSA) is 93.1 Å². The number of thiol groups is 1. The predicted octanol–water partition coefficient (Wildman–Crippen LogP) is 9.14. The molecule has 0 heterocycles. The average molecular weight is 565 g/mol. The van der Waals surface area contributed by atoms with Crippen molar-refractivity contribution in [3.8, 4) is 0 Å². The molecule has 0 aliphatic carbocycles. The molecule has 0 aliphatic heterocycles. The van der Waals surface area contributed by atoms with Gasteiger partial charge in [0.25, 0.3) is 5.34 Å². The van der Waals surface area contributed by atoms with Crippen LogP contribution in [0.2, 0.25) is 0 Å². The van der Waals surface area contributed by atoms with E-state index in [-0.39, 0.29) is 5.44 Å². The van der Waals surface area contributed by atoms with Crippen molar-refractivity contribution >= 4 is 27.1 Å². The van der Waals surface area contributed by atoms with E-state index in [4.69, 9.17) is 14.6 Å². The van der Waals surface area contributed by atoms with Crippen LogP contribution in [0, 0.1) is 5.92 Å². The fourth-order valence-corrected chi connectivity index (χ4v) is 5.26. The van der Waals surface area contributed by atoms with Crippen LogP contribution in [-0.2, 0) is 18.8 Å². The molecule has 0 aromatic carbocycles. The Morgan fingerprint density at radius 1 is 0.811 bits per heavy atom. The minimum absolute atomic E-state index is 0.332. The zero-order chi connectivity index (χ0) is 27.8. The van der Waals surface area contributed by atoms with Gasteiger partial charge in [0, 0.05) is 0 Å². The lowest BCUT2D eigenvalue weighted by atomic mass is 9.91. The first kappa shape index (κ1) is 36.8. The van der Waals surface area contributed by atoms with E-state index in [9.17, 15) is 14.5 Å². The minimum Gasteiger partial charge on any atom is -0.478 e. The number of carboxylic acids is 1. The molecule has 0 bridgehead atoms. The van der Waals surface area contributed by atoms with Crippen LogP contribution in [0.5, 0.6) is 0 Å². The van der Waals surface area contributed by atoms with Crippen molar-refractivity contribution in [2.45, 2.75) is 166 Å². The maximum atomic E-state index is 11.1. The number of carboxylic acid groups (broad SMARTS) is 1. The Kier molecular flexibility index (Phi) is 24.7. The summed E-state index contributed by atoms with van der Waals surface area (Å²) in [4.78, 5) is 11.1. The summed E-state index contributed by atoms with van der Waals surface area (Å²) >= 11 is 4.66. The molecule has 0 aliphatic rings. The monoisotopic (exact) mass is 564 g/mol.